The fourth-order valence-electron chi connectivity index (χ4n) is 4.92. The van der Waals surface area contributed by atoms with Crippen molar-refractivity contribution in [2.75, 3.05) is 40.8 Å². The Hall–Kier alpha value is -2.46. The van der Waals surface area contributed by atoms with E-state index in [1.165, 1.54) is 61.2 Å². The van der Waals surface area contributed by atoms with Gasteiger partial charge in [-0.05, 0) is 91.5 Å². The molecule has 6 rings (SSSR count). The second-order valence-electron chi connectivity index (χ2n) is 15.0. The Morgan fingerprint density at radius 2 is 0.578 bits per heavy atom. The molecular weight excluding hydrogens is 546 g/mol. The van der Waals surface area contributed by atoms with E-state index in [0.29, 0.717) is 0 Å². The Bertz CT molecular complexity index is 1090. The van der Waals surface area contributed by atoms with Crippen molar-refractivity contribution in [1.82, 2.24) is 14.7 Å². The quantitative estimate of drug-likeness (QED) is 0.249. The second-order valence-corrected chi connectivity index (χ2v) is 15.0. The fourth-order valence-corrected chi connectivity index (χ4v) is 4.92. The molecule has 45 heavy (non-hydrogen) atoms. The van der Waals surface area contributed by atoms with Crippen LogP contribution in [0.4, 0.5) is 0 Å². The van der Waals surface area contributed by atoms with Crippen LogP contribution in [0, 0.1) is 17.8 Å². The van der Waals surface area contributed by atoms with Crippen molar-refractivity contribution in [2.24, 2.45) is 17.8 Å². The Morgan fingerprint density at radius 1 is 0.356 bits per heavy atom. The zero-order valence-corrected chi connectivity index (χ0v) is 31.4. The minimum atomic E-state index is 0.833. The standard InChI is InChI=1S/C11H15N.C10H13N.C9H11N.3C4H10/c1-12-8-6-10-4-2-3-5-11(10)7-9-12;1-11-7-6-9-4-2-3-5-10(9)8-11;1-10-6-8-4-2-3-5-9(8)7-10;3*1-4(2)3/h2-5H,6-9H2,1H3;2-5H,6-8H2,1H3;2-5H,6-7H2,1H3;3*4H,1-3H3. The van der Waals surface area contributed by atoms with Crippen molar-refractivity contribution < 1.29 is 0 Å². The van der Waals surface area contributed by atoms with Gasteiger partial charge in [-0.25, -0.2) is 0 Å². The molecule has 0 unspecified atom stereocenters. The Kier molecular flexibility index (Phi) is 20.7. The van der Waals surface area contributed by atoms with Crippen LogP contribution in [0.1, 0.15) is 95.7 Å². The first-order chi connectivity index (χ1) is 21.3. The lowest BCUT2D eigenvalue weighted by molar-refractivity contribution is 0.313. The van der Waals surface area contributed by atoms with Gasteiger partial charge in [0.1, 0.15) is 0 Å². The summed E-state index contributed by atoms with van der Waals surface area (Å²) in [5.41, 5.74) is 9.10. The molecule has 0 saturated heterocycles. The lowest BCUT2D eigenvalue weighted by atomic mass is 10.0. The highest BCUT2D eigenvalue weighted by atomic mass is 15.1. The van der Waals surface area contributed by atoms with Crippen molar-refractivity contribution in [1.29, 1.82) is 0 Å². The summed E-state index contributed by atoms with van der Waals surface area (Å²) >= 11 is 0. The summed E-state index contributed by atoms with van der Waals surface area (Å²) in [6.45, 7) is 26.5. The number of likely N-dealkylation sites (N-methyl/N-ethyl adjacent to an activating group) is 2. The van der Waals surface area contributed by atoms with Gasteiger partial charge in [-0.2, -0.15) is 0 Å². The molecule has 3 aromatic carbocycles. The maximum absolute atomic E-state index is 2.40. The van der Waals surface area contributed by atoms with Gasteiger partial charge in [0.25, 0.3) is 0 Å². The van der Waals surface area contributed by atoms with Gasteiger partial charge in [-0.3, -0.25) is 4.90 Å². The highest BCUT2D eigenvalue weighted by Gasteiger charge is 2.13. The van der Waals surface area contributed by atoms with Crippen molar-refractivity contribution in [3.63, 3.8) is 0 Å². The molecule has 3 aliphatic heterocycles. The smallest absolute Gasteiger partial charge is 0.0237 e. The van der Waals surface area contributed by atoms with Crippen molar-refractivity contribution in [2.45, 2.75) is 101 Å². The summed E-state index contributed by atoms with van der Waals surface area (Å²) in [6.07, 6.45) is 3.64. The normalized spacial score (nSPS) is 15.5. The van der Waals surface area contributed by atoms with E-state index < -0.39 is 0 Å². The average molecular weight is 616 g/mol. The van der Waals surface area contributed by atoms with Gasteiger partial charge >= 0.3 is 0 Å². The van der Waals surface area contributed by atoms with Crippen molar-refractivity contribution >= 4 is 0 Å². The van der Waals surface area contributed by atoms with E-state index >= 15 is 0 Å². The summed E-state index contributed by atoms with van der Waals surface area (Å²) in [7, 11) is 6.53. The number of hydrogen-bond donors (Lipinski definition) is 0. The van der Waals surface area contributed by atoms with Gasteiger partial charge in [0, 0.05) is 39.3 Å². The predicted molar refractivity (Wildman–Crippen MR) is 201 cm³/mol. The molecule has 0 atom stereocenters. The van der Waals surface area contributed by atoms with Gasteiger partial charge in [-0.1, -0.05) is 135 Å². The van der Waals surface area contributed by atoms with Crippen LogP contribution in [0.25, 0.3) is 0 Å². The van der Waals surface area contributed by atoms with E-state index in [1.807, 2.05) is 0 Å². The molecule has 3 heterocycles. The van der Waals surface area contributed by atoms with E-state index in [2.05, 4.69) is 171 Å². The van der Waals surface area contributed by atoms with Gasteiger partial charge in [-0.15, -0.1) is 0 Å². The molecule has 0 saturated carbocycles. The van der Waals surface area contributed by atoms with Crippen LogP contribution in [0.5, 0.6) is 0 Å². The van der Waals surface area contributed by atoms with Gasteiger partial charge in [0.15, 0.2) is 0 Å². The lowest BCUT2D eigenvalue weighted by Crippen LogP contribution is -2.26. The molecular formula is C42H69N3. The van der Waals surface area contributed by atoms with Crippen LogP contribution in [-0.4, -0.2) is 55.5 Å². The zero-order chi connectivity index (χ0) is 33.8. The van der Waals surface area contributed by atoms with E-state index in [1.54, 1.807) is 11.1 Å². The van der Waals surface area contributed by atoms with Crippen LogP contribution in [-0.2, 0) is 38.9 Å². The van der Waals surface area contributed by atoms with Crippen LogP contribution in [0.15, 0.2) is 72.8 Å². The van der Waals surface area contributed by atoms with Gasteiger partial charge in [0.2, 0.25) is 0 Å². The van der Waals surface area contributed by atoms with E-state index in [4.69, 9.17) is 0 Å². The third kappa shape index (κ3) is 19.6. The first kappa shape index (κ1) is 40.6. The largest absolute Gasteiger partial charge is 0.306 e. The summed E-state index contributed by atoms with van der Waals surface area (Å²) in [5, 5.41) is 0. The Labute approximate surface area is 280 Å². The SMILES string of the molecule is CC(C)C.CC(C)C.CC(C)C.CN1CCc2ccccc2C1.CN1CCc2ccccc2CC1.CN1Cc2ccccc2C1. The Morgan fingerprint density at radius 3 is 0.911 bits per heavy atom. The highest BCUT2D eigenvalue weighted by Crippen LogP contribution is 2.20. The number of fused-ring (bicyclic) bond motifs is 3. The Balaban J connectivity index is 0.000000288. The highest BCUT2D eigenvalue weighted by molar-refractivity contribution is 5.30. The maximum Gasteiger partial charge on any atom is 0.0237 e. The topological polar surface area (TPSA) is 9.72 Å². The van der Waals surface area contributed by atoms with Crippen LogP contribution in [0.3, 0.4) is 0 Å². The summed E-state index contributed by atoms with van der Waals surface area (Å²) in [6, 6.07) is 26.2. The third-order valence-corrected chi connectivity index (χ3v) is 6.96. The maximum atomic E-state index is 2.40. The molecule has 0 amide bonds. The monoisotopic (exact) mass is 616 g/mol. The summed E-state index contributed by atoms with van der Waals surface area (Å²) in [4.78, 5) is 7.09. The number of nitrogens with zero attached hydrogens (tertiary/aromatic N) is 3. The number of hydrogen-bond acceptors (Lipinski definition) is 3. The molecule has 3 heteroatoms. The van der Waals surface area contributed by atoms with Crippen LogP contribution in [0.2, 0.25) is 0 Å². The molecule has 0 N–H and O–H groups in total. The molecule has 0 bridgehead atoms. The molecule has 0 aromatic heterocycles. The fraction of sp³-hybridized carbons (Fsp3) is 0.571. The molecule has 0 fully saturated rings. The number of benzene rings is 3. The minimum absolute atomic E-state index is 0.833. The summed E-state index contributed by atoms with van der Waals surface area (Å²) < 4.78 is 0. The third-order valence-electron chi connectivity index (χ3n) is 6.96. The lowest BCUT2D eigenvalue weighted by Gasteiger charge is -2.24. The molecule has 0 spiro atoms. The van der Waals surface area contributed by atoms with E-state index in [-0.39, 0.29) is 0 Å². The van der Waals surface area contributed by atoms with Crippen LogP contribution < -0.4 is 0 Å². The molecule has 252 valence electrons. The molecule has 0 radical (unpaired) electrons. The van der Waals surface area contributed by atoms with Crippen LogP contribution >= 0.6 is 0 Å². The average Bonchev–Trinajstić information content (AvgIpc) is 3.24. The van der Waals surface area contributed by atoms with Crippen molar-refractivity contribution in [3.8, 4) is 0 Å². The molecule has 0 aliphatic carbocycles. The number of rotatable bonds is 0. The first-order valence-electron chi connectivity index (χ1n) is 17.5. The second kappa shape index (κ2) is 23.0. The first-order valence-corrected chi connectivity index (χ1v) is 17.5. The molecule has 3 nitrogen and oxygen atoms in total. The predicted octanol–water partition coefficient (Wildman–Crippen LogP) is 10.0. The van der Waals surface area contributed by atoms with Gasteiger partial charge in [0.05, 0.1) is 0 Å². The zero-order valence-electron chi connectivity index (χ0n) is 31.4. The molecule has 3 aliphatic rings. The summed E-state index contributed by atoms with van der Waals surface area (Å²) in [5.74, 6) is 2.50. The van der Waals surface area contributed by atoms with Gasteiger partial charge < -0.3 is 9.80 Å². The van der Waals surface area contributed by atoms with E-state index in [0.717, 1.165) is 37.4 Å². The minimum Gasteiger partial charge on any atom is -0.306 e. The van der Waals surface area contributed by atoms with E-state index in [9.17, 15) is 0 Å². The van der Waals surface area contributed by atoms with Crippen molar-refractivity contribution in [3.05, 3.63) is 106 Å². The molecule has 3 aromatic rings.